The lowest BCUT2D eigenvalue weighted by Crippen LogP contribution is -2.42. The average molecular weight is 368 g/mol. The van der Waals surface area contributed by atoms with Crippen LogP contribution in [0.15, 0.2) is 27.1 Å². The molecule has 2 aromatic rings. The number of ether oxygens (including phenoxy) is 1. The molecule has 2 rings (SSSR count). The van der Waals surface area contributed by atoms with Crippen LogP contribution in [0.5, 0.6) is 0 Å². The van der Waals surface area contributed by atoms with Gasteiger partial charge >= 0.3 is 5.97 Å². The number of carbonyl (C=O) groups is 2. The Bertz CT molecular complexity index is 728. The van der Waals surface area contributed by atoms with E-state index < -0.39 is 5.97 Å². The van der Waals surface area contributed by atoms with E-state index in [4.69, 9.17) is 9.15 Å². The third-order valence-electron chi connectivity index (χ3n) is 2.93. The van der Waals surface area contributed by atoms with Gasteiger partial charge in [0, 0.05) is 21.0 Å². The van der Waals surface area contributed by atoms with Crippen LogP contribution < -0.4 is 5.32 Å². The van der Waals surface area contributed by atoms with Crippen LogP contribution in [0.1, 0.15) is 36.9 Å². The molecule has 0 unspecified atom stereocenters. The Morgan fingerprint density at radius 2 is 2.00 bits per heavy atom. The number of furan rings is 1. The van der Waals surface area contributed by atoms with Crippen LogP contribution in [0.4, 0.5) is 0 Å². The summed E-state index contributed by atoms with van der Waals surface area (Å²) in [6.07, 6.45) is 0. The van der Waals surface area contributed by atoms with E-state index >= 15 is 0 Å². The van der Waals surface area contributed by atoms with Gasteiger partial charge in [-0.15, -0.1) is 0 Å². The molecular formula is C16H18BrNO4. The van der Waals surface area contributed by atoms with Crippen molar-refractivity contribution in [1.82, 2.24) is 5.32 Å². The Hall–Kier alpha value is -1.82. The molecule has 5 nitrogen and oxygen atoms in total. The molecule has 0 aliphatic rings. The van der Waals surface area contributed by atoms with Crippen molar-refractivity contribution in [2.45, 2.75) is 33.2 Å². The lowest BCUT2D eigenvalue weighted by atomic mass is 10.1. The number of rotatable bonds is 3. The summed E-state index contributed by atoms with van der Waals surface area (Å²) >= 11 is 3.38. The first-order chi connectivity index (χ1) is 10.2. The van der Waals surface area contributed by atoms with Gasteiger partial charge in [0.25, 0.3) is 5.91 Å². The number of carbonyl (C=O) groups excluding carboxylic acids is 2. The Balaban J connectivity index is 2.10. The van der Waals surface area contributed by atoms with Gasteiger partial charge in [0.15, 0.2) is 6.61 Å². The number of halogens is 1. The van der Waals surface area contributed by atoms with Crippen molar-refractivity contribution >= 4 is 38.8 Å². The molecule has 0 aliphatic heterocycles. The highest BCUT2D eigenvalue weighted by Gasteiger charge is 2.21. The quantitative estimate of drug-likeness (QED) is 0.841. The van der Waals surface area contributed by atoms with Gasteiger partial charge in [-0.3, -0.25) is 4.79 Å². The predicted octanol–water partition coefficient (Wildman–Crippen LogP) is 3.58. The molecular weight excluding hydrogens is 350 g/mol. The molecule has 0 saturated heterocycles. The molecule has 1 N–H and O–H groups in total. The molecule has 0 radical (unpaired) electrons. The number of esters is 1. The fourth-order valence-corrected chi connectivity index (χ4v) is 2.40. The molecule has 0 aliphatic carbocycles. The van der Waals surface area contributed by atoms with E-state index in [2.05, 4.69) is 21.2 Å². The molecule has 1 aromatic heterocycles. The largest absolute Gasteiger partial charge is 0.450 e. The summed E-state index contributed by atoms with van der Waals surface area (Å²) in [5, 5.41) is 3.56. The van der Waals surface area contributed by atoms with E-state index in [0.717, 1.165) is 9.86 Å². The maximum absolute atomic E-state index is 12.1. The van der Waals surface area contributed by atoms with Gasteiger partial charge < -0.3 is 14.5 Å². The number of hydrogen-bond acceptors (Lipinski definition) is 4. The molecule has 118 valence electrons. The maximum atomic E-state index is 12.1. The minimum atomic E-state index is -0.645. The Morgan fingerprint density at radius 3 is 2.64 bits per heavy atom. The summed E-state index contributed by atoms with van der Waals surface area (Å²) in [5.41, 5.74) is 0.926. The standard InChI is InChI=1S/C16H18BrNO4/c1-9-11-7-10(17)5-6-12(11)22-14(9)15(20)21-8-13(19)18-16(2,3)4/h5-7H,8H2,1-4H3,(H,18,19). The van der Waals surface area contributed by atoms with Crippen LogP contribution in [0.2, 0.25) is 0 Å². The van der Waals surface area contributed by atoms with Crippen LogP contribution in [0, 0.1) is 6.92 Å². The van der Waals surface area contributed by atoms with Gasteiger partial charge in [0.2, 0.25) is 5.76 Å². The molecule has 1 heterocycles. The summed E-state index contributed by atoms with van der Waals surface area (Å²) in [6, 6.07) is 5.48. The van der Waals surface area contributed by atoms with Crippen LogP contribution >= 0.6 is 15.9 Å². The second-order valence-electron chi connectivity index (χ2n) is 6.07. The minimum absolute atomic E-state index is 0.122. The Kier molecular flexibility index (Phi) is 4.60. The van der Waals surface area contributed by atoms with Gasteiger partial charge in [-0.2, -0.15) is 0 Å². The highest BCUT2D eigenvalue weighted by Crippen LogP contribution is 2.28. The summed E-state index contributed by atoms with van der Waals surface area (Å²) in [4.78, 5) is 23.8. The van der Waals surface area contributed by atoms with Gasteiger partial charge in [-0.1, -0.05) is 15.9 Å². The molecule has 0 spiro atoms. The van der Waals surface area contributed by atoms with E-state index in [9.17, 15) is 9.59 Å². The summed E-state index contributed by atoms with van der Waals surface area (Å²) in [7, 11) is 0. The zero-order valence-corrected chi connectivity index (χ0v) is 14.5. The van der Waals surface area contributed by atoms with Gasteiger partial charge in [-0.25, -0.2) is 4.79 Å². The molecule has 1 aromatic carbocycles. The zero-order valence-electron chi connectivity index (χ0n) is 13.0. The van der Waals surface area contributed by atoms with Crippen molar-refractivity contribution in [1.29, 1.82) is 0 Å². The first-order valence-corrected chi connectivity index (χ1v) is 7.63. The van der Waals surface area contributed by atoms with Crippen molar-refractivity contribution in [3.8, 4) is 0 Å². The Labute approximate surface area is 137 Å². The SMILES string of the molecule is Cc1c(C(=O)OCC(=O)NC(C)(C)C)oc2ccc(Br)cc12. The zero-order chi connectivity index (χ0) is 16.5. The van der Waals surface area contributed by atoms with Crippen molar-refractivity contribution in [3.63, 3.8) is 0 Å². The van der Waals surface area contributed by atoms with Crippen molar-refractivity contribution in [2.24, 2.45) is 0 Å². The lowest BCUT2D eigenvalue weighted by Gasteiger charge is -2.20. The second kappa shape index (κ2) is 6.12. The Morgan fingerprint density at radius 1 is 1.32 bits per heavy atom. The molecule has 0 atom stereocenters. The second-order valence-corrected chi connectivity index (χ2v) is 6.99. The van der Waals surface area contributed by atoms with Crippen molar-refractivity contribution in [3.05, 3.63) is 34.0 Å². The molecule has 22 heavy (non-hydrogen) atoms. The first kappa shape index (κ1) is 16.5. The number of benzene rings is 1. The van der Waals surface area contributed by atoms with Crippen LogP contribution in [0.3, 0.4) is 0 Å². The van der Waals surface area contributed by atoms with E-state index in [-0.39, 0.29) is 23.8 Å². The van der Waals surface area contributed by atoms with Crippen molar-refractivity contribution in [2.75, 3.05) is 6.61 Å². The van der Waals surface area contributed by atoms with Crippen molar-refractivity contribution < 1.29 is 18.7 Å². The number of aryl methyl sites for hydroxylation is 1. The van der Waals surface area contributed by atoms with Gasteiger partial charge in [0.05, 0.1) is 0 Å². The van der Waals surface area contributed by atoms with E-state index in [1.807, 2.05) is 32.9 Å². The summed E-state index contributed by atoms with van der Waals surface area (Å²) in [5.74, 6) is -0.872. The molecule has 0 saturated carbocycles. The molecule has 1 amide bonds. The van der Waals surface area contributed by atoms with Crippen LogP contribution in [0.25, 0.3) is 11.0 Å². The van der Waals surface area contributed by atoms with E-state index in [1.165, 1.54) is 0 Å². The fraction of sp³-hybridized carbons (Fsp3) is 0.375. The maximum Gasteiger partial charge on any atom is 0.375 e. The average Bonchev–Trinajstić information content (AvgIpc) is 2.71. The highest BCUT2D eigenvalue weighted by molar-refractivity contribution is 9.10. The van der Waals surface area contributed by atoms with Gasteiger partial charge in [0.1, 0.15) is 5.58 Å². The number of fused-ring (bicyclic) bond motifs is 1. The number of amides is 1. The third kappa shape index (κ3) is 3.88. The summed E-state index contributed by atoms with van der Waals surface area (Å²) in [6.45, 7) is 7.01. The molecule has 6 heteroatoms. The molecule has 0 bridgehead atoms. The smallest absolute Gasteiger partial charge is 0.375 e. The minimum Gasteiger partial charge on any atom is -0.450 e. The number of hydrogen-bond donors (Lipinski definition) is 1. The van der Waals surface area contributed by atoms with E-state index in [0.29, 0.717) is 11.1 Å². The third-order valence-corrected chi connectivity index (χ3v) is 3.43. The van der Waals surface area contributed by atoms with Crippen LogP contribution in [-0.4, -0.2) is 24.0 Å². The highest BCUT2D eigenvalue weighted by atomic mass is 79.9. The topological polar surface area (TPSA) is 68.5 Å². The lowest BCUT2D eigenvalue weighted by molar-refractivity contribution is -0.125. The van der Waals surface area contributed by atoms with E-state index in [1.54, 1.807) is 13.0 Å². The monoisotopic (exact) mass is 367 g/mol. The fourth-order valence-electron chi connectivity index (χ4n) is 2.04. The molecule has 0 fully saturated rings. The van der Waals surface area contributed by atoms with Gasteiger partial charge in [-0.05, 0) is 45.9 Å². The normalized spacial score (nSPS) is 11.5. The van der Waals surface area contributed by atoms with Crippen LogP contribution in [-0.2, 0) is 9.53 Å². The number of nitrogens with one attached hydrogen (secondary N) is 1. The first-order valence-electron chi connectivity index (χ1n) is 6.84. The predicted molar refractivity (Wildman–Crippen MR) is 86.8 cm³/mol. The summed E-state index contributed by atoms with van der Waals surface area (Å²) < 4.78 is 11.4.